The maximum atomic E-state index is 13.4. The van der Waals surface area contributed by atoms with Crippen LogP contribution < -0.4 is 20.1 Å². The molecule has 1 unspecified atom stereocenters. The van der Waals surface area contributed by atoms with Crippen molar-refractivity contribution in [2.24, 2.45) is 0 Å². The van der Waals surface area contributed by atoms with Gasteiger partial charge in [-0.05, 0) is 68.4 Å². The molecule has 0 saturated heterocycles. The number of imide groups is 1. The predicted octanol–water partition coefficient (Wildman–Crippen LogP) is 4.58. The summed E-state index contributed by atoms with van der Waals surface area (Å²) in [6.07, 6.45) is 3.40. The number of hydrogen-bond acceptors (Lipinski definition) is 13. The molecule has 3 aromatic rings. The predicted molar refractivity (Wildman–Crippen MR) is 212 cm³/mol. The molecule has 15 heteroatoms. The van der Waals surface area contributed by atoms with Crippen LogP contribution in [0.25, 0.3) is 5.57 Å². The largest absolute Gasteiger partial charge is 0.496 e. The van der Waals surface area contributed by atoms with Gasteiger partial charge in [0, 0.05) is 55.4 Å². The summed E-state index contributed by atoms with van der Waals surface area (Å²) in [5.74, 6) is -0.167. The number of benzene rings is 2. The Morgan fingerprint density at radius 2 is 1.68 bits per heavy atom. The second-order valence-corrected chi connectivity index (χ2v) is 13.9. The zero-order valence-corrected chi connectivity index (χ0v) is 32.8. The Hall–Kier alpha value is -5.77. The zero-order valence-electron chi connectivity index (χ0n) is 32.8. The molecule has 15 nitrogen and oxygen atoms in total. The number of fused-ring (bicyclic) bond motifs is 1. The highest BCUT2D eigenvalue weighted by Gasteiger charge is 2.44. The molecule has 0 radical (unpaired) electrons. The number of nitrogens with zero attached hydrogens (tertiary/aromatic N) is 3. The van der Waals surface area contributed by atoms with Gasteiger partial charge in [0.1, 0.15) is 23.1 Å². The average molecular weight is 784 g/mol. The second kappa shape index (κ2) is 19.9. The van der Waals surface area contributed by atoms with Crippen LogP contribution in [0.4, 0.5) is 11.5 Å². The summed E-state index contributed by atoms with van der Waals surface area (Å²) in [7, 11) is 7.05. The number of aldehydes is 1. The van der Waals surface area contributed by atoms with E-state index in [4.69, 9.17) is 18.9 Å². The van der Waals surface area contributed by atoms with Crippen molar-refractivity contribution in [1.82, 2.24) is 14.8 Å². The number of Topliss-reactive ketones (excluding diaryl/α,β-unsaturated/α-hetero) is 2. The number of methoxy groups -OCH3 is 2. The minimum absolute atomic E-state index is 0.0264. The quantitative estimate of drug-likeness (QED) is 0.0981. The average Bonchev–Trinajstić information content (AvgIpc) is 3.45. The standard InChI is InChI=1S/C42H49N5O10/c1-26(27-20-36(54-4)32(24-46(2)3)37(21-27)55-5)31-23-44-38(22-28(31)25-48)45-39(51)14-16-56-18-19-57-17-15-43-33-10-7-9-30-40(33)42(53)47(41(30)52)34-13-12-29(49)8-6-11-35(34)50/h7,9-10,20-23,25,34,43H,1,6,8,11-19,24H2,2-5H3,(H,44,45,51). The van der Waals surface area contributed by atoms with E-state index >= 15 is 0 Å². The van der Waals surface area contributed by atoms with Gasteiger partial charge in [-0.3, -0.25) is 33.7 Å². The van der Waals surface area contributed by atoms with Gasteiger partial charge in [-0.15, -0.1) is 0 Å². The molecule has 0 spiro atoms. The molecule has 1 aliphatic carbocycles. The lowest BCUT2D eigenvalue weighted by Gasteiger charge is -2.26. The fraction of sp³-hybridized carbons (Fsp3) is 0.405. The van der Waals surface area contributed by atoms with E-state index in [0.717, 1.165) is 10.5 Å². The summed E-state index contributed by atoms with van der Waals surface area (Å²) >= 11 is 0. The molecule has 1 atom stereocenters. The monoisotopic (exact) mass is 783 g/mol. The Labute approximate surface area is 331 Å². The van der Waals surface area contributed by atoms with Crippen molar-refractivity contribution in [1.29, 1.82) is 0 Å². The topological polar surface area (TPSA) is 183 Å². The first kappa shape index (κ1) is 42.4. The van der Waals surface area contributed by atoms with Crippen LogP contribution in [-0.4, -0.2) is 118 Å². The first-order chi connectivity index (χ1) is 27.5. The van der Waals surface area contributed by atoms with E-state index in [1.807, 2.05) is 31.1 Å². The third kappa shape index (κ3) is 10.4. The maximum Gasteiger partial charge on any atom is 0.264 e. The summed E-state index contributed by atoms with van der Waals surface area (Å²) in [6.45, 7) is 5.97. The molecule has 1 aromatic heterocycles. The minimum Gasteiger partial charge on any atom is -0.496 e. The van der Waals surface area contributed by atoms with Crippen LogP contribution in [0, 0.1) is 0 Å². The number of anilines is 2. The zero-order chi connectivity index (χ0) is 41.1. The van der Waals surface area contributed by atoms with Crippen molar-refractivity contribution < 1.29 is 47.7 Å². The summed E-state index contributed by atoms with van der Waals surface area (Å²) in [5, 5.41) is 5.83. The SMILES string of the molecule is C=C(c1cc(OC)c(CN(C)C)c(OC)c1)c1cnc(NC(=O)CCOCCOCCNc2cccc3c2C(=O)N(C2CCC(=O)CCCC2=O)C3=O)cc1C=O. The third-order valence-electron chi connectivity index (χ3n) is 9.70. The fourth-order valence-corrected chi connectivity index (χ4v) is 6.84. The summed E-state index contributed by atoms with van der Waals surface area (Å²) < 4.78 is 22.4. The van der Waals surface area contributed by atoms with E-state index in [0.29, 0.717) is 71.7 Å². The van der Waals surface area contributed by atoms with Gasteiger partial charge in [-0.2, -0.15) is 0 Å². The van der Waals surface area contributed by atoms with Crippen LogP contribution >= 0.6 is 0 Å². The van der Waals surface area contributed by atoms with Crippen LogP contribution in [0.1, 0.15) is 86.3 Å². The molecule has 5 rings (SSSR count). The molecule has 57 heavy (non-hydrogen) atoms. The number of ketones is 2. The van der Waals surface area contributed by atoms with E-state index in [-0.39, 0.29) is 86.5 Å². The van der Waals surface area contributed by atoms with Gasteiger partial charge < -0.3 is 34.5 Å². The van der Waals surface area contributed by atoms with Crippen molar-refractivity contribution in [3.05, 3.63) is 82.6 Å². The smallest absolute Gasteiger partial charge is 0.264 e. The molecule has 1 saturated carbocycles. The normalized spacial score (nSPS) is 15.6. The van der Waals surface area contributed by atoms with Crippen molar-refractivity contribution in [2.45, 2.75) is 51.1 Å². The maximum absolute atomic E-state index is 13.4. The number of aromatic nitrogens is 1. The van der Waals surface area contributed by atoms with Crippen LogP contribution in [-0.2, 0) is 30.4 Å². The van der Waals surface area contributed by atoms with E-state index in [9.17, 15) is 28.8 Å². The Morgan fingerprint density at radius 3 is 2.37 bits per heavy atom. The number of pyridine rings is 1. The number of rotatable bonds is 19. The van der Waals surface area contributed by atoms with Crippen molar-refractivity contribution in [3.63, 3.8) is 0 Å². The van der Waals surface area contributed by atoms with Crippen molar-refractivity contribution >= 4 is 52.7 Å². The van der Waals surface area contributed by atoms with Gasteiger partial charge in [0.05, 0.1) is 69.8 Å². The number of carbonyl (C=O) groups excluding carboxylic acids is 6. The van der Waals surface area contributed by atoms with Crippen LogP contribution in [0.3, 0.4) is 0 Å². The highest BCUT2D eigenvalue weighted by atomic mass is 16.5. The molecular formula is C42H49N5O10. The number of carbonyl (C=O) groups is 6. The summed E-state index contributed by atoms with van der Waals surface area (Å²) in [4.78, 5) is 83.6. The fourth-order valence-electron chi connectivity index (χ4n) is 6.84. The molecule has 2 heterocycles. The minimum atomic E-state index is -0.951. The van der Waals surface area contributed by atoms with E-state index < -0.39 is 17.9 Å². The number of nitrogens with one attached hydrogen (secondary N) is 2. The van der Waals surface area contributed by atoms with E-state index in [1.54, 1.807) is 32.4 Å². The molecular weight excluding hydrogens is 734 g/mol. The van der Waals surface area contributed by atoms with Crippen LogP contribution in [0.5, 0.6) is 11.5 Å². The first-order valence-corrected chi connectivity index (χ1v) is 18.8. The lowest BCUT2D eigenvalue weighted by molar-refractivity contribution is -0.126. The van der Waals surface area contributed by atoms with Gasteiger partial charge >= 0.3 is 0 Å². The first-order valence-electron chi connectivity index (χ1n) is 18.8. The van der Waals surface area contributed by atoms with E-state index in [2.05, 4.69) is 22.2 Å². The Morgan fingerprint density at radius 1 is 0.965 bits per heavy atom. The summed E-state index contributed by atoms with van der Waals surface area (Å²) in [5.41, 5.74) is 3.75. The van der Waals surface area contributed by atoms with E-state index in [1.165, 1.54) is 12.3 Å². The molecule has 1 fully saturated rings. The molecule has 0 bridgehead atoms. The Bertz CT molecular complexity index is 2000. The number of ether oxygens (including phenoxy) is 4. The lowest BCUT2D eigenvalue weighted by atomic mass is 9.94. The number of hydrogen-bond donors (Lipinski definition) is 2. The molecule has 2 N–H and O–H groups in total. The third-order valence-corrected chi connectivity index (χ3v) is 9.70. The summed E-state index contributed by atoms with van der Waals surface area (Å²) in [6, 6.07) is 9.12. The van der Waals surface area contributed by atoms with Gasteiger partial charge in [0.2, 0.25) is 5.91 Å². The van der Waals surface area contributed by atoms with Crippen molar-refractivity contribution in [3.8, 4) is 11.5 Å². The number of amides is 3. The Balaban J connectivity index is 1.04. The molecule has 302 valence electrons. The molecule has 3 amide bonds. The second-order valence-electron chi connectivity index (χ2n) is 13.9. The van der Waals surface area contributed by atoms with Gasteiger partial charge in [-0.1, -0.05) is 12.6 Å². The van der Waals surface area contributed by atoms with Gasteiger partial charge in [0.25, 0.3) is 11.8 Å². The highest BCUT2D eigenvalue weighted by molar-refractivity contribution is 6.25. The Kier molecular flexibility index (Phi) is 14.8. The van der Waals surface area contributed by atoms with Gasteiger partial charge in [0.15, 0.2) is 12.1 Å². The van der Waals surface area contributed by atoms with Crippen LogP contribution in [0.15, 0.2) is 49.2 Å². The molecule has 2 aromatic carbocycles. The van der Waals surface area contributed by atoms with Crippen LogP contribution in [0.2, 0.25) is 0 Å². The molecule has 1 aliphatic heterocycles. The lowest BCUT2D eigenvalue weighted by Crippen LogP contribution is -2.45. The van der Waals surface area contributed by atoms with Crippen molar-refractivity contribution in [2.75, 3.05) is 71.9 Å². The highest BCUT2D eigenvalue weighted by Crippen LogP contribution is 2.36. The van der Waals surface area contributed by atoms with Gasteiger partial charge in [-0.25, -0.2) is 4.98 Å². The molecule has 2 aliphatic rings.